The van der Waals surface area contributed by atoms with Gasteiger partial charge in [0.05, 0.1) is 12.2 Å². The first-order valence-corrected chi connectivity index (χ1v) is 5.87. The lowest BCUT2D eigenvalue weighted by Gasteiger charge is -2.19. The molecule has 1 aliphatic heterocycles. The van der Waals surface area contributed by atoms with E-state index in [9.17, 15) is 10.2 Å². The van der Waals surface area contributed by atoms with Crippen molar-refractivity contribution in [3.05, 3.63) is 0 Å². The SMILES string of the molecule is CC(CCC(N)O)C[C@H]1O[C@@H](C)C(O)[C@H]1O. The molecule has 0 bridgehead atoms. The number of rotatable bonds is 5. The molecule has 1 aliphatic rings. The smallest absolute Gasteiger partial charge is 0.109 e. The van der Waals surface area contributed by atoms with E-state index >= 15 is 0 Å². The van der Waals surface area contributed by atoms with Crippen molar-refractivity contribution in [3.8, 4) is 0 Å². The van der Waals surface area contributed by atoms with E-state index < -0.39 is 18.4 Å². The first kappa shape index (κ1) is 13.9. The predicted octanol–water partition coefficient (Wildman–Crippen LogP) is -0.421. The van der Waals surface area contributed by atoms with E-state index in [4.69, 9.17) is 15.6 Å². The number of aliphatic hydroxyl groups is 3. The Morgan fingerprint density at radius 1 is 1.25 bits per heavy atom. The first-order valence-electron chi connectivity index (χ1n) is 5.87. The van der Waals surface area contributed by atoms with Crippen LogP contribution >= 0.6 is 0 Å². The van der Waals surface area contributed by atoms with E-state index in [-0.39, 0.29) is 12.2 Å². The van der Waals surface area contributed by atoms with Gasteiger partial charge in [0.15, 0.2) is 0 Å². The molecule has 0 aromatic heterocycles. The van der Waals surface area contributed by atoms with Crippen molar-refractivity contribution in [2.45, 2.75) is 63.8 Å². The van der Waals surface area contributed by atoms with Gasteiger partial charge in [-0.2, -0.15) is 0 Å². The van der Waals surface area contributed by atoms with Gasteiger partial charge in [0.1, 0.15) is 18.4 Å². The molecule has 1 rings (SSSR count). The molecule has 1 heterocycles. The normalized spacial score (nSPS) is 38.6. The molecule has 5 heteroatoms. The fourth-order valence-electron chi connectivity index (χ4n) is 2.10. The van der Waals surface area contributed by atoms with E-state index in [0.29, 0.717) is 18.8 Å². The van der Waals surface area contributed by atoms with Gasteiger partial charge in [-0.25, -0.2) is 0 Å². The third-order valence-corrected chi connectivity index (χ3v) is 3.19. The van der Waals surface area contributed by atoms with Crippen LogP contribution in [-0.4, -0.2) is 46.0 Å². The van der Waals surface area contributed by atoms with E-state index in [1.165, 1.54) is 0 Å². The standard InChI is InChI=1S/C11H23NO4/c1-6(3-4-9(12)13)5-8-11(15)10(14)7(2)16-8/h6-11,13-15H,3-5,12H2,1-2H3/t6?,7-,8+,9?,10?,11-/m0/s1. The van der Waals surface area contributed by atoms with Crippen molar-refractivity contribution in [2.24, 2.45) is 11.7 Å². The van der Waals surface area contributed by atoms with Crippen molar-refractivity contribution in [3.63, 3.8) is 0 Å². The van der Waals surface area contributed by atoms with Crippen LogP contribution in [0.2, 0.25) is 0 Å². The molecule has 96 valence electrons. The molecule has 5 N–H and O–H groups in total. The third kappa shape index (κ3) is 3.68. The highest BCUT2D eigenvalue weighted by atomic mass is 16.5. The molecule has 0 spiro atoms. The Labute approximate surface area is 96.2 Å². The number of hydrogen-bond acceptors (Lipinski definition) is 5. The van der Waals surface area contributed by atoms with Crippen LogP contribution in [0.3, 0.4) is 0 Å². The summed E-state index contributed by atoms with van der Waals surface area (Å²) in [5.74, 6) is 0.301. The average Bonchev–Trinajstić information content (AvgIpc) is 2.43. The van der Waals surface area contributed by atoms with Crippen molar-refractivity contribution >= 4 is 0 Å². The maximum Gasteiger partial charge on any atom is 0.109 e. The predicted molar refractivity (Wildman–Crippen MR) is 59.6 cm³/mol. The summed E-state index contributed by atoms with van der Waals surface area (Å²) in [6.45, 7) is 3.77. The zero-order valence-electron chi connectivity index (χ0n) is 9.91. The van der Waals surface area contributed by atoms with Crippen molar-refractivity contribution in [1.29, 1.82) is 0 Å². The zero-order valence-corrected chi connectivity index (χ0v) is 9.91. The molecule has 0 aliphatic carbocycles. The van der Waals surface area contributed by atoms with E-state index in [0.717, 1.165) is 6.42 Å². The molecule has 0 aromatic rings. The van der Waals surface area contributed by atoms with Gasteiger partial charge in [0.2, 0.25) is 0 Å². The van der Waals surface area contributed by atoms with E-state index in [1.807, 2.05) is 6.92 Å². The van der Waals surface area contributed by atoms with Gasteiger partial charge in [-0.3, -0.25) is 0 Å². The van der Waals surface area contributed by atoms with Gasteiger partial charge < -0.3 is 25.8 Å². The van der Waals surface area contributed by atoms with Crippen molar-refractivity contribution in [2.75, 3.05) is 0 Å². The van der Waals surface area contributed by atoms with Gasteiger partial charge in [-0.15, -0.1) is 0 Å². The van der Waals surface area contributed by atoms with Crippen LogP contribution in [0.25, 0.3) is 0 Å². The number of nitrogens with two attached hydrogens (primary N) is 1. The number of ether oxygens (including phenoxy) is 1. The van der Waals surface area contributed by atoms with E-state index in [1.54, 1.807) is 6.92 Å². The van der Waals surface area contributed by atoms with E-state index in [2.05, 4.69) is 0 Å². The molecule has 5 nitrogen and oxygen atoms in total. The lowest BCUT2D eigenvalue weighted by atomic mass is 9.95. The Hall–Kier alpha value is -0.200. The minimum absolute atomic E-state index is 0.301. The van der Waals surface area contributed by atoms with Crippen LogP contribution in [0.1, 0.15) is 33.1 Å². The lowest BCUT2D eigenvalue weighted by Crippen LogP contribution is -2.32. The zero-order chi connectivity index (χ0) is 12.3. The van der Waals surface area contributed by atoms with Crippen molar-refractivity contribution < 1.29 is 20.1 Å². The molecule has 0 amide bonds. The highest BCUT2D eigenvalue weighted by Gasteiger charge is 2.40. The molecule has 6 atom stereocenters. The Kier molecular flexibility index (Phi) is 5.14. The van der Waals surface area contributed by atoms with Crippen LogP contribution in [0.15, 0.2) is 0 Å². The van der Waals surface area contributed by atoms with Crippen molar-refractivity contribution in [1.82, 2.24) is 0 Å². The summed E-state index contributed by atoms with van der Waals surface area (Å²) >= 11 is 0. The minimum Gasteiger partial charge on any atom is -0.388 e. The summed E-state index contributed by atoms with van der Waals surface area (Å²) in [7, 11) is 0. The van der Waals surface area contributed by atoms with Crippen LogP contribution in [-0.2, 0) is 4.74 Å². The number of hydrogen-bond donors (Lipinski definition) is 4. The van der Waals surface area contributed by atoms with Crippen LogP contribution in [0.5, 0.6) is 0 Å². The van der Waals surface area contributed by atoms with Gasteiger partial charge in [0, 0.05) is 0 Å². The average molecular weight is 233 g/mol. The maximum atomic E-state index is 9.71. The number of aliphatic hydroxyl groups excluding tert-OH is 3. The van der Waals surface area contributed by atoms with Crippen LogP contribution < -0.4 is 5.73 Å². The summed E-state index contributed by atoms with van der Waals surface area (Å²) < 4.78 is 5.47. The topological polar surface area (TPSA) is 95.9 Å². The van der Waals surface area contributed by atoms with Gasteiger partial charge in [0.25, 0.3) is 0 Å². The van der Waals surface area contributed by atoms with Gasteiger partial charge in [-0.1, -0.05) is 6.92 Å². The Morgan fingerprint density at radius 3 is 2.31 bits per heavy atom. The monoisotopic (exact) mass is 233 g/mol. The fourth-order valence-corrected chi connectivity index (χ4v) is 2.10. The molecule has 1 fully saturated rings. The second-order valence-corrected chi connectivity index (χ2v) is 4.85. The highest BCUT2D eigenvalue weighted by Crippen LogP contribution is 2.27. The Balaban J connectivity index is 2.31. The largest absolute Gasteiger partial charge is 0.388 e. The second-order valence-electron chi connectivity index (χ2n) is 4.85. The summed E-state index contributed by atoms with van der Waals surface area (Å²) in [5, 5.41) is 28.2. The minimum atomic E-state index is -0.805. The second kappa shape index (κ2) is 5.93. The molecule has 0 saturated carbocycles. The molecule has 1 saturated heterocycles. The fraction of sp³-hybridized carbons (Fsp3) is 1.00. The van der Waals surface area contributed by atoms with Crippen LogP contribution in [0, 0.1) is 5.92 Å². The third-order valence-electron chi connectivity index (χ3n) is 3.19. The maximum absolute atomic E-state index is 9.71. The molecule has 16 heavy (non-hydrogen) atoms. The van der Waals surface area contributed by atoms with Gasteiger partial charge in [-0.05, 0) is 32.1 Å². The summed E-state index contributed by atoms with van der Waals surface area (Å²) in [6, 6.07) is 0. The molecule has 3 unspecified atom stereocenters. The Morgan fingerprint density at radius 2 is 1.88 bits per heavy atom. The quantitative estimate of drug-likeness (QED) is 0.484. The molecular formula is C11H23NO4. The summed E-state index contributed by atoms with van der Waals surface area (Å²) in [4.78, 5) is 0. The Bertz CT molecular complexity index is 212. The first-order chi connectivity index (χ1) is 7.41. The molecule has 0 aromatic carbocycles. The van der Waals surface area contributed by atoms with Crippen LogP contribution in [0.4, 0.5) is 0 Å². The molecular weight excluding hydrogens is 210 g/mol. The lowest BCUT2D eigenvalue weighted by molar-refractivity contribution is 0.00127. The molecule has 0 radical (unpaired) electrons. The van der Waals surface area contributed by atoms with Gasteiger partial charge >= 0.3 is 0 Å². The summed E-state index contributed by atoms with van der Waals surface area (Å²) in [6.07, 6.45) is -0.993. The summed E-state index contributed by atoms with van der Waals surface area (Å²) in [5.41, 5.74) is 5.26. The highest BCUT2D eigenvalue weighted by molar-refractivity contribution is 4.89.